The Morgan fingerprint density at radius 2 is 2.00 bits per heavy atom. The number of methoxy groups -OCH3 is 1. The maximum Gasteiger partial charge on any atom is 0.317 e. The molecule has 2 saturated heterocycles. The van der Waals surface area contributed by atoms with E-state index in [1.54, 1.807) is 7.11 Å². The van der Waals surface area contributed by atoms with E-state index >= 15 is 0 Å². The predicted molar refractivity (Wildman–Crippen MR) is 97.3 cm³/mol. The van der Waals surface area contributed by atoms with Crippen molar-refractivity contribution in [3.63, 3.8) is 0 Å². The molecule has 1 aromatic rings. The summed E-state index contributed by atoms with van der Waals surface area (Å²) in [6.07, 6.45) is 5.98. The van der Waals surface area contributed by atoms with Crippen LogP contribution in [-0.2, 0) is 4.74 Å². The van der Waals surface area contributed by atoms with Crippen molar-refractivity contribution >= 4 is 6.03 Å². The molecule has 0 aliphatic carbocycles. The fraction of sp³-hybridized carbons (Fsp3) is 0.684. The third kappa shape index (κ3) is 4.12. The number of urea groups is 1. The van der Waals surface area contributed by atoms with Gasteiger partial charge in [-0.1, -0.05) is 13.8 Å². The van der Waals surface area contributed by atoms with Crippen LogP contribution in [0, 0.1) is 5.92 Å². The molecule has 0 aromatic carbocycles. The summed E-state index contributed by atoms with van der Waals surface area (Å²) in [5, 5.41) is 3.02. The summed E-state index contributed by atoms with van der Waals surface area (Å²) < 4.78 is 5.65. The van der Waals surface area contributed by atoms with Gasteiger partial charge in [-0.15, -0.1) is 0 Å². The molecule has 25 heavy (non-hydrogen) atoms. The Kier molecular flexibility index (Phi) is 5.91. The highest BCUT2D eigenvalue weighted by Crippen LogP contribution is 2.39. The highest BCUT2D eigenvalue weighted by Gasteiger charge is 2.44. The highest BCUT2D eigenvalue weighted by atomic mass is 16.5. The normalized spacial score (nSPS) is 25.0. The highest BCUT2D eigenvalue weighted by molar-refractivity contribution is 5.74. The summed E-state index contributed by atoms with van der Waals surface area (Å²) >= 11 is 0. The Balaban J connectivity index is 1.55. The molecule has 6 nitrogen and oxygen atoms in total. The minimum Gasteiger partial charge on any atom is -0.378 e. The summed E-state index contributed by atoms with van der Waals surface area (Å²) in [6, 6.07) is 5.06. The van der Waals surface area contributed by atoms with Gasteiger partial charge < -0.3 is 15.0 Å². The maximum atomic E-state index is 12.2. The van der Waals surface area contributed by atoms with Crippen LogP contribution in [0.3, 0.4) is 0 Å². The van der Waals surface area contributed by atoms with Crippen molar-refractivity contribution in [1.82, 2.24) is 20.1 Å². The van der Waals surface area contributed by atoms with E-state index in [2.05, 4.69) is 41.2 Å². The first-order valence-electron chi connectivity index (χ1n) is 9.31. The van der Waals surface area contributed by atoms with Gasteiger partial charge in [-0.3, -0.25) is 9.88 Å². The smallest absolute Gasteiger partial charge is 0.317 e. The van der Waals surface area contributed by atoms with Crippen LogP contribution in [-0.4, -0.2) is 66.2 Å². The second kappa shape index (κ2) is 8.15. The van der Waals surface area contributed by atoms with Gasteiger partial charge in [0.05, 0.1) is 12.1 Å². The SMILES string of the molecule is COC1CN(C2CCN(C(=O)NCC(C)C)CC2)C1c1ccncc1. The van der Waals surface area contributed by atoms with E-state index in [9.17, 15) is 4.79 Å². The average Bonchev–Trinajstić information content (AvgIpc) is 2.60. The van der Waals surface area contributed by atoms with Crippen LogP contribution in [0.15, 0.2) is 24.5 Å². The van der Waals surface area contributed by atoms with Crippen molar-refractivity contribution in [2.45, 2.75) is 44.9 Å². The van der Waals surface area contributed by atoms with Gasteiger partial charge in [0, 0.05) is 51.7 Å². The molecule has 6 heteroatoms. The standard InChI is InChI=1S/C19H30N4O2/c1-14(2)12-21-19(24)22-10-6-16(7-11-22)23-13-17(25-3)18(23)15-4-8-20-9-5-15/h4-5,8-9,14,16-18H,6-7,10-13H2,1-3H3,(H,21,24). The molecule has 3 rings (SSSR count). The Labute approximate surface area is 150 Å². The zero-order chi connectivity index (χ0) is 17.8. The van der Waals surface area contributed by atoms with E-state index in [0.717, 1.165) is 39.0 Å². The lowest BCUT2D eigenvalue weighted by atomic mass is 9.87. The summed E-state index contributed by atoms with van der Waals surface area (Å²) in [4.78, 5) is 20.8. The molecule has 0 spiro atoms. The first-order valence-corrected chi connectivity index (χ1v) is 9.31. The van der Waals surface area contributed by atoms with Gasteiger partial charge in [0.1, 0.15) is 0 Å². The Hall–Kier alpha value is -1.66. The number of nitrogens with one attached hydrogen (secondary N) is 1. The number of pyridine rings is 1. The number of rotatable bonds is 5. The van der Waals surface area contributed by atoms with Crippen molar-refractivity contribution in [1.29, 1.82) is 0 Å². The third-order valence-electron chi connectivity index (χ3n) is 5.33. The largest absolute Gasteiger partial charge is 0.378 e. The van der Waals surface area contributed by atoms with Gasteiger partial charge in [-0.2, -0.15) is 0 Å². The minimum atomic E-state index is 0.0798. The molecule has 2 amide bonds. The number of likely N-dealkylation sites (tertiary alicyclic amines) is 2. The van der Waals surface area contributed by atoms with Gasteiger partial charge in [-0.05, 0) is 36.5 Å². The summed E-state index contributed by atoms with van der Waals surface area (Å²) in [5.41, 5.74) is 1.27. The summed E-state index contributed by atoms with van der Waals surface area (Å²) in [5.74, 6) is 0.481. The first kappa shape index (κ1) is 18.1. The topological polar surface area (TPSA) is 57.7 Å². The number of carbonyl (C=O) groups excluding carboxylic acids is 1. The molecule has 2 unspecified atom stereocenters. The van der Waals surface area contributed by atoms with Crippen LogP contribution in [0.1, 0.15) is 38.3 Å². The van der Waals surface area contributed by atoms with Crippen molar-refractivity contribution in [3.05, 3.63) is 30.1 Å². The lowest BCUT2D eigenvalue weighted by molar-refractivity contribution is -0.115. The molecule has 0 bridgehead atoms. The van der Waals surface area contributed by atoms with E-state index < -0.39 is 0 Å². The number of aromatic nitrogens is 1. The number of piperidine rings is 1. The van der Waals surface area contributed by atoms with Gasteiger partial charge in [0.2, 0.25) is 0 Å². The lowest BCUT2D eigenvalue weighted by Crippen LogP contribution is -2.61. The zero-order valence-corrected chi connectivity index (χ0v) is 15.5. The van der Waals surface area contributed by atoms with E-state index in [1.807, 2.05) is 17.3 Å². The van der Waals surface area contributed by atoms with Crippen molar-refractivity contribution in [2.24, 2.45) is 5.92 Å². The molecule has 138 valence electrons. The predicted octanol–water partition coefficient (Wildman–Crippen LogP) is 2.28. The van der Waals surface area contributed by atoms with Crippen molar-refractivity contribution < 1.29 is 9.53 Å². The van der Waals surface area contributed by atoms with E-state index in [4.69, 9.17) is 4.74 Å². The minimum absolute atomic E-state index is 0.0798. The summed E-state index contributed by atoms with van der Waals surface area (Å²) in [6.45, 7) is 7.58. The molecular formula is C19H30N4O2. The molecule has 2 aliphatic rings. The van der Waals surface area contributed by atoms with Gasteiger partial charge in [0.25, 0.3) is 0 Å². The second-order valence-corrected chi connectivity index (χ2v) is 7.49. The average molecular weight is 346 g/mol. The maximum absolute atomic E-state index is 12.2. The van der Waals surface area contributed by atoms with Crippen molar-refractivity contribution in [2.75, 3.05) is 33.3 Å². The summed E-state index contributed by atoms with van der Waals surface area (Å²) in [7, 11) is 1.79. The lowest BCUT2D eigenvalue weighted by Gasteiger charge is -2.53. The molecule has 1 aromatic heterocycles. The molecule has 2 aliphatic heterocycles. The molecule has 1 N–H and O–H groups in total. The van der Waals surface area contributed by atoms with Crippen LogP contribution in [0.5, 0.6) is 0 Å². The van der Waals surface area contributed by atoms with Crippen LogP contribution in [0.4, 0.5) is 4.79 Å². The van der Waals surface area contributed by atoms with Crippen LogP contribution >= 0.6 is 0 Å². The fourth-order valence-corrected chi connectivity index (χ4v) is 3.85. The van der Waals surface area contributed by atoms with Gasteiger partial charge in [0.15, 0.2) is 0 Å². The van der Waals surface area contributed by atoms with Gasteiger partial charge in [-0.25, -0.2) is 4.79 Å². The third-order valence-corrected chi connectivity index (χ3v) is 5.33. The van der Waals surface area contributed by atoms with Crippen molar-refractivity contribution in [3.8, 4) is 0 Å². The monoisotopic (exact) mass is 346 g/mol. The molecule has 2 atom stereocenters. The Bertz CT molecular complexity index is 558. The van der Waals surface area contributed by atoms with Crippen LogP contribution in [0.2, 0.25) is 0 Å². The molecule has 0 saturated carbocycles. The van der Waals surface area contributed by atoms with E-state index in [-0.39, 0.29) is 12.1 Å². The first-order chi connectivity index (χ1) is 12.1. The van der Waals surface area contributed by atoms with Gasteiger partial charge >= 0.3 is 6.03 Å². The Morgan fingerprint density at radius 1 is 1.32 bits per heavy atom. The molecular weight excluding hydrogens is 316 g/mol. The zero-order valence-electron chi connectivity index (χ0n) is 15.5. The number of hydrogen-bond donors (Lipinski definition) is 1. The molecule has 0 radical (unpaired) electrons. The number of carbonyl (C=O) groups is 1. The van der Waals surface area contributed by atoms with E-state index in [1.165, 1.54) is 5.56 Å². The number of nitrogens with zero attached hydrogens (tertiary/aromatic N) is 3. The van der Waals surface area contributed by atoms with Crippen LogP contribution in [0.25, 0.3) is 0 Å². The quantitative estimate of drug-likeness (QED) is 0.889. The second-order valence-electron chi connectivity index (χ2n) is 7.49. The Morgan fingerprint density at radius 3 is 2.60 bits per heavy atom. The number of amides is 2. The van der Waals surface area contributed by atoms with Crippen LogP contribution < -0.4 is 5.32 Å². The fourth-order valence-electron chi connectivity index (χ4n) is 3.85. The van der Waals surface area contributed by atoms with E-state index in [0.29, 0.717) is 18.0 Å². The molecule has 3 heterocycles. The number of ether oxygens (including phenoxy) is 1. The number of hydrogen-bond acceptors (Lipinski definition) is 4. The molecule has 2 fully saturated rings.